The van der Waals surface area contributed by atoms with Crippen LogP contribution in [0.1, 0.15) is 38.1 Å². The fourth-order valence-corrected chi connectivity index (χ4v) is 2.27. The molecule has 1 aromatic heterocycles. The predicted molar refractivity (Wildman–Crippen MR) is 79.9 cm³/mol. The van der Waals surface area contributed by atoms with Gasteiger partial charge in [-0.2, -0.15) is 13.2 Å². The van der Waals surface area contributed by atoms with Crippen LogP contribution in [0.4, 0.5) is 13.2 Å². The molecule has 2 rings (SSSR count). The molecule has 1 N–H and O–H groups in total. The highest BCUT2D eigenvalue weighted by atomic mass is 19.4. The lowest BCUT2D eigenvalue weighted by atomic mass is 9.91. The van der Waals surface area contributed by atoms with E-state index < -0.39 is 17.6 Å². The molecule has 9 heteroatoms. The highest BCUT2D eigenvalue weighted by Gasteiger charge is 2.53. The van der Waals surface area contributed by atoms with Gasteiger partial charge in [0.1, 0.15) is 6.54 Å². The third-order valence-corrected chi connectivity index (χ3v) is 3.68. The van der Waals surface area contributed by atoms with Crippen molar-refractivity contribution in [3.63, 3.8) is 0 Å². The number of carbonyl (C=O) groups is 1. The van der Waals surface area contributed by atoms with Gasteiger partial charge < -0.3 is 5.32 Å². The smallest absolute Gasteiger partial charge is 0.337 e. The van der Waals surface area contributed by atoms with E-state index in [2.05, 4.69) is 20.8 Å². The molecule has 0 saturated carbocycles. The van der Waals surface area contributed by atoms with Crippen molar-refractivity contribution < 1.29 is 18.0 Å². The van der Waals surface area contributed by atoms with E-state index in [4.69, 9.17) is 0 Å². The average Bonchev–Trinajstić information content (AvgIpc) is 2.95. The first-order valence-electron chi connectivity index (χ1n) is 7.34. The standard InChI is InChI=1S/C15H18F3N5O/c1-10(2)13-20-21-22-23(13)9-12(24)19-14(3,15(16,17)18)11-7-5-4-6-8-11/h4-8,10H,9H2,1-3H3,(H,19,24)/t14-/m1/s1. The minimum atomic E-state index is -4.66. The third-order valence-electron chi connectivity index (χ3n) is 3.68. The first-order chi connectivity index (χ1) is 11.1. The van der Waals surface area contributed by atoms with Gasteiger partial charge in [-0.25, -0.2) is 4.68 Å². The predicted octanol–water partition coefficient (Wildman–Crippen LogP) is 2.39. The van der Waals surface area contributed by atoms with Crippen molar-refractivity contribution >= 4 is 5.91 Å². The molecule has 2 aromatic rings. The summed E-state index contributed by atoms with van der Waals surface area (Å²) in [6.45, 7) is 4.19. The maximum Gasteiger partial charge on any atom is 0.415 e. The third kappa shape index (κ3) is 3.55. The first-order valence-corrected chi connectivity index (χ1v) is 7.34. The van der Waals surface area contributed by atoms with E-state index in [0.29, 0.717) is 5.82 Å². The van der Waals surface area contributed by atoms with Gasteiger partial charge in [-0.1, -0.05) is 44.2 Å². The maximum absolute atomic E-state index is 13.6. The van der Waals surface area contributed by atoms with E-state index in [9.17, 15) is 18.0 Å². The van der Waals surface area contributed by atoms with Crippen LogP contribution < -0.4 is 5.32 Å². The maximum atomic E-state index is 13.6. The lowest BCUT2D eigenvalue weighted by molar-refractivity contribution is -0.197. The number of alkyl halides is 3. The largest absolute Gasteiger partial charge is 0.415 e. The van der Waals surface area contributed by atoms with Crippen LogP contribution in [-0.2, 0) is 16.9 Å². The second-order valence-corrected chi connectivity index (χ2v) is 5.89. The van der Waals surface area contributed by atoms with Crippen LogP contribution in [0.5, 0.6) is 0 Å². The van der Waals surface area contributed by atoms with Gasteiger partial charge in [0.25, 0.3) is 0 Å². The molecule has 1 heterocycles. The molecule has 0 saturated heterocycles. The summed E-state index contributed by atoms with van der Waals surface area (Å²) in [7, 11) is 0. The molecule has 0 fully saturated rings. The first kappa shape index (κ1) is 17.9. The fourth-order valence-electron chi connectivity index (χ4n) is 2.27. The zero-order chi connectivity index (χ0) is 18.0. The Bertz CT molecular complexity index is 699. The number of tetrazole rings is 1. The van der Waals surface area contributed by atoms with Gasteiger partial charge in [0.2, 0.25) is 5.91 Å². The molecule has 130 valence electrons. The van der Waals surface area contributed by atoms with Gasteiger partial charge >= 0.3 is 6.18 Å². The molecule has 0 radical (unpaired) electrons. The number of nitrogens with zero attached hydrogens (tertiary/aromatic N) is 4. The zero-order valence-corrected chi connectivity index (χ0v) is 13.5. The van der Waals surface area contributed by atoms with Crippen LogP contribution in [0, 0.1) is 0 Å². The second kappa shape index (κ2) is 6.58. The Balaban J connectivity index is 2.24. The molecular formula is C15H18F3N5O. The van der Waals surface area contributed by atoms with Gasteiger partial charge in [0, 0.05) is 5.92 Å². The fraction of sp³-hybridized carbons (Fsp3) is 0.467. The van der Waals surface area contributed by atoms with Crippen LogP contribution >= 0.6 is 0 Å². The molecule has 1 amide bonds. The van der Waals surface area contributed by atoms with Crippen molar-refractivity contribution in [1.29, 1.82) is 0 Å². The molecule has 0 aliphatic heterocycles. The Kier molecular flexibility index (Phi) is 4.91. The Morgan fingerprint density at radius 1 is 1.25 bits per heavy atom. The van der Waals surface area contributed by atoms with E-state index in [0.717, 1.165) is 6.92 Å². The summed E-state index contributed by atoms with van der Waals surface area (Å²) in [5, 5.41) is 13.0. The number of hydrogen-bond acceptors (Lipinski definition) is 4. The summed E-state index contributed by atoms with van der Waals surface area (Å²) in [5.41, 5.74) is -2.55. The number of hydrogen-bond donors (Lipinski definition) is 1. The Hall–Kier alpha value is -2.45. The number of aromatic nitrogens is 4. The van der Waals surface area contributed by atoms with Gasteiger partial charge in [-0.05, 0) is 22.9 Å². The Labute approximate surface area is 137 Å². The van der Waals surface area contributed by atoms with Gasteiger partial charge in [-0.3, -0.25) is 4.79 Å². The molecule has 1 atom stereocenters. The van der Waals surface area contributed by atoms with Crippen molar-refractivity contribution in [3.05, 3.63) is 41.7 Å². The number of amides is 1. The van der Waals surface area contributed by atoms with Crippen LogP contribution in [-0.4, -0.2) is 32.3 Å². The van der Waals surface area contributed by atoms with Crippen molar-refractivity contribution in [2.24, 2.45) is 0 Å². The monoisotopic (exact) mass is 341 g/mol. The molecule has 6 nitrogen and oxygen atoms in total. The lowest BCUT2D eigenvalue weighted by Crippen LogP contribution is -2.54. The summed E-state index contributed by atoms with van der Waals surface area (Å²) in [6.07, 6.45) is -4.66. The van der Waals surface area contributed by atoms with E-state index in [1.165, 1.54) is 28.9 Å². The van der Waals surface area contributed by atoms with Crippen LogP contribution in [0.25, 0.3) is 0 Å². The van der Waals surface area contributed by atoms with Gasteiger partial charge in [-0.15, -0.1) is 5.10 Å². The Morgan fingerprint density at radius 3 is 2.42 bits per heavy atom. The second-order valence-electron chi connectivity index (χ2n) is 5.89. The molecule has 1 aromatic carbocycles. The molecular weight excluding hydrogens is 323 g/mol. The minimum Gasteiger partial charge on any atom is -0.337 e. The van der Waals surface area contributed by atoms with E-state index in [1.807, 2.05) is 13.8 Å². The van der Waals surface area contributed by atoms with Crippen molar-refractivity contribution in [2.45, 2.75) is 44.9 Å². The van der Waals surface area contributed by atoms with Crippen LogP contribution in [0.3, 0.4) is 0 Å². The number of halogens is 3. The molecule has 24 heavy (non-hydrogen) atoms. The molecule has 0 unspecified atom stereocenters. The molecule has 0 aliphatic rings. The molecule has 0 spiro atoms. The van der Waals surface area contributed by atoms with Crippen molar-refractivity contribution in [3.8, 4) is 0 Å². The highest BCUT2D eigenvalue weighted by Crippen LogP contribution is 2.38. The summed E-state index contributed by atoms with van der Waals surface area (Å²) in [6, 6.07) is 7.24. The highest BCUT2D eigenvalue weighted by molar-refractivity contribution is 5.77. The summed E-state index contributed by atoms with van der Waals surface area (Å²) in [4.78, 5) is 12.2. The zero-order valence-electron chi connectivity index (χ0n) is 13.5. The van der Waals surface area contributed by atoms with Crippen LogP contribution in [0.15, 0.2) is 30.3 Å². The summed E-state index contributed by atoms with van der Waals surface area (Å²) in [5.74, 6) is -0.456. The SMILES string of the molecule is CC(C)c1nnnn1CC(=O)N[C@](C)(c1ccccc1)C(F)(F)F. The summed E-state index contributed by atoms with van der Waals surface area (Å²) >= 11 is 0. The molecule has 0 bridgehead atoms. The van der Waals surface area contributed by atoms with Crippen LogP contribution in [0.2, 0.25) is 0 Å². The minimum absolute atomic E-state index is 0.0494. The van der Waals surface area contributed by atoms with E-state index >= 15 is 0 Å². The summed E-state index contributed by atoms with van der Waals surface area (Å²) < 4.78 is 41.9. The number of benzene rings is 1. The Morgan fingerprint density at radius 2 is 1.88 bits per heavy atom. The lowest BCUT2D eigenvalue weighted by Gasteiger charge is -2.33. The number of carbonyl (C=O) groups excluding carboxylic acids is 1. The number of nitrogens with one attached hydrogen (secondary N) is 1. The quantitative estimate of drug-likeness (QED) is 0.906. The van der Waals surface area contributed by atoms with E-state index in [-0.39, 0.29) is 18.0 Å². The average molecular weight is 341 g/mol. The number of rotatable bonds is 5. The normalized spacial score (nSPS) is 14.5. The molecule has 0 aliphatic carbocycles. The van der Waals surface area contributed by atoms with Gasteiger partial charge in [0.05, 0.1) is 0 Å². The van der Waals surface area contributed by atoms with E-state index in [1.54, 1.807) is 6.07 Å². The van der Waals surface area contributed by atoms with Gasteiger partial charge in [0.15, 0.2) is 11.4 Å². The van der Waals surface area contributed by atoms with Crippen molar-refractivity contribution in [2.75, 3.05) is 0 Å². The topological polar surface area (TPSA) is 72.7 Å². The van der Waals surface area contributed by atoms with Crippen molar-refractivity contribution in [1.82, 2.24) is 25.5 Å².